The highest BCUT2D eigenvalue weighted by molar-refractivity contribution is 5.97. The van der Waals surface area contributed by atoms with Gasteiger partial charge in [-0.25, -0.2) is 9.18 Å². The van der Waals surface area contributed by atoms with Crippen LogP contribution >= 0.6 is 0 Å². The average Bonchev–Trinajstić information content (AvgIpc) is 2.52. The molecule has 0 aliphatic carbocycles. The lowest BCUT2D eigenvalue weighted by molar-refractivity contribution is -0.115. The lowest BCUT2D eigenvalue weighted by atomic mass is 10.1. The molecule has 0 heterocycles. The summed E-state index contributed by atoms with van der Waals surface area (Å²) < 4.78 is 12.8. The number of rotatable bonds is 4. The largest absolute Gasteiger partial charge is 0.329 e. The molecule has 0 saturated carbocycles. The van der Waals surface area contributed by atoms with E-state index >= 15 is 0 Å². The number of halogens is 1. The molecule has 3 amide bonds. The van der Waals surface area contributed by atoms with Crippen molar-refractivity contribution in [3.8, 4) is 0 Å². The number of hydrogen-bond acceptors (Lipinski definition) is 2. The summed E-state index contributed by atoms with van der Waals surface area (Å²) in [7, 11) is 0. The summed E-state index contributed by atoms with van der Waals surface area (Å²) in [5.74, 6) is -0.776. The van der Waals surface area contributed by atoms with E-state index in [9.17, 15) is 14.0 Å². The summed E-state index contributed by atoms with van der Waals surface area (Å²) in [4.78, 5) is 23.6. The van der Waals surface area contributed by atoms with Crippen LogP contribution in [0.25, 0.3) is 0 Å². The summed E-state index contributed by atoms with van der Waals surface area (Å²) in [6.07, 6.45) is 0. The van der Waals surface area contributed by atoms with Crippen molar-refractivity contribution in [1.82, 2.24) is 5.32 Å². The topological polar surface area (TPSA) is 70.2 Å². The van der Waals surface area contributed by atoms with Crippen molar-refractivity contribution in [2.75, 3.05) is 17.2 Å². The molecule has 0 aliphatic heterocycles. The number of aryl methyl sites for hydroxylation is 1. The molecule has 0 aliphatic rings. The molecule has 0 saturated heterocycles. The molecule has 2 aromatic carbocycles. The Morgan fingerprint density at radius 3 is 2.39 bits per heavy atom. The molecule has 0 spiro atoms. The van der Waals surface area contributed by atoms with Crippen molar-refractivity contribution < 1.29 is 14.0 Å². The van der Waals surface area contributed by atoms with Crippen molar-refractivity contribution in [2.45, 2.75) is 13.8 Å². The molecular weight excluding hydrogens is 297 g/mol. The van der Waals surface area contributed by atoms with Crippen LogP contribution in [0.4, 0.5) is 20.6 Å². The van der Waals surface area contributed by atoms with E-state index in [2.05, 4.69) is 16.0 Å². The van der Waals surface area contributed by atoms with E-state index in [1.54, 1.807) is 6.07 Å². The predicted molar refractivity (Wildman–Crippen MR) is 88.0 cm³/mol. The van der Waals surface area contributed by atoms with Gasteiger partial charge in [0.05, 0.1) is 6.54 Å². The molecule has 0 atom stereocenters. The second kappa shape index (κ2) is 7.40. The Morgan fingerprint density at radius 2 is 1.70 bits per heavy atom. The van der Waals surface area contributed by atoms with Gasteiger partial charge in [0, 0.05) is 11.4 Å². The minimum Gasteiger partial charge on any atom is -0.329 e. The van der Waals surface area contributed by atoms with Gasteiger partial charge in [-0.2, -0.15) is 0 Å². The third-order valence-electron chi connectivity index (χ3n) is 3.39. The molecule has 2 aromatic rings. The predicted octanol–water partition coefficient (Wildman–Crippen LogP) is 3.20. The van der Waals surface area contributed by atoms with Gasteiger partial charge in [0.25, 0.3) is 0 Å². The summed E-state index contributed by atoms with van der Waals surface area (Å²) in [6.45, 7) is 3.68. The highest BCUT2D eigenvalue weighted by atomic mass is 19.1. The molecule has 23 heavy (non-hydrogen) atoms. The van der Waals surface area contributed by atoms with Crippen LogP contribution in [0.2, 0.25) is 0 Å². The van der Waals surface area contributed by atoms with Crippen molar-refractivity contribution in [3.63, 3.8) is 0 Å². The van der Waals surface area contributed by atoms with Gasteiger partial charge in [-0.1, -0.05) is 12.1 Å². The number of urea groups is 1. The van der Waals surface area contributed by atoms with Crippen molar-refractivity contribution in [3.05, 3.63) is 59.4 Å². The Bertz CT molecular complexity index is 714. The van der Waals surface area contributed by atoms with Crippen molar-refractivity contribution in [2.24, 2.45) is 0 Å². The minimum atomic E-state index is -0.465. The van der Waals surface area contributed by atoms with Gasteiger partial charge in [-0.3, -0.25) is 4.79 Å². The second-order valence-electron chi connectivity index (χ2n) is 5.11. The number of benzene rings is 2. The Balaban J connectivity index is 1.83. The molecule has 0 fully saturated rings. The number of amides is 3. The lowest BCUT2D eigenvalue weighted by Gasteiger charge is -2.11. The third kappa shape index (κ3) is 4.81. The molecule has 0 unspecified atom stereocenters. The zero-order valence-electron chi connectivity index (χ0n) is 12.9. The Kier molecular flexibility index (Phi) is 5.30. The maximum absolute atomic E-state index is 12.8. The number of nitrogens with one attached hydrogen (secondary N) is 3. The van der Waals surface area contributed by atoms with Gasteiger partial charge in [0.2, 0.25) is 5.91 Å². The molecule has 120 valence electrons. The molecule has 2 rings (SSSR count). The van der Waals surface area contributed by atoms with E-state index in [0.29, 0.717) is 11.4 Å². The second-order valence-corrected chi connectivity index (χ2v) is 5.11. The van der Waals surface area contributed by atoms with Crippen molar-refractivity contribution in [1.29, 1.82) is 0 Å². The average molecular weight is 315 g/mol. The third-order valence-corrected chi connectivity index (χ3v) is 3.39. The minimum absolute atomic E-state index is 0.186. The summed E-state index contributed by atoms with van der Waals surface area (Å²) in [6, 6.07) is 10.5. The van der Waals surface area contributed by atoms with Gasteiger partial charge in [0.15, 0.2) is 0 Å². The Morgan fingerprint density at radius 1 is 1.00 bits per heavy atom. The van der Waals surface area contributed by atoms with Crippen LogP contribution < -0.4 is 16.0 Å². The van der Waals surface area contributed by atoms with Gasteiger partial charge in [-0.15, -0.1) is 0 Å². The van der Waals surface area contributed by atoms with Gasteiger partial charge >= 0.3 is 6.03 Å². The SMILES string of the molecule is Cc1cccc(NC(=O)NCC(=O)Nc2ccc(F)cc2)c1C. The van der Waals surface area contributed by atoms with Crippen LogP contribution in [-0.4, -0.2) is 18.5 Å². The fraction of sp³-hybridized carbons (Fsp3) is 0.176. The lowest BCUT2D eigenvalue weighted by Crippen LogP contribution is -2.35. The first kappa shape index (κ1) is 16.5. The van der Waals surface area contributed by atoms with E-state index in [1.807, 2.05) is 26.0 Å². The number of carbonyl (C=O) groups excluding carboxylic acids is 2. The first-order chi connectivity index (χ1) is 11.0. The quantitative estimate of drug-likeness (QED) is 0.811. The first-order valence-corrected chi connectivity index (χ1v) is 7.12. The molecular formula is C17H18FN3O2. The van der Waals surface area contributed by atoms with Crippen LogP contribution in [0.15, 0.2) is 42.5 Å². The summed E-state index contributed by atoms with van der Waals surface area (Å²) >= 11 is 0. The number of anilines is 2. The number of hydrogen-bond donors (Lipinski definition) is 3. The van der Waals surface area contributed by atoms with E-state index in [-0.39, 0.29) is 12.4 Å². The van der Waals surface area contributed by atoms with E-state index in [4.69, 9.17) is 0 Å². The maximum atomic E-state index is 12.8. The van der Waals surface area contributed by atoms with Crippen LogP contribution in [0.1, 0.15) is 11.1 Å². The highest BCUT2D eigenvalue weighted by Gasteiger charge is 2.08. The molecule has 0 bridgehead atoms. The Labute approximate surface area is 133 Å². The van der Waals surface area contributed by atoms with Crippen molar-refractivity contribution >= 4 is 23.3 Å². The van der Waals surface area contributed by atoms with Crippen LogP contribution in [0, 0.1) is 19.7 Å². The molecule has 6 heteroatoms. The van der Waals surface area contributed by atoms with Crippen LogP contribution in [0.5, 0.6) is 0 Å². The monoisotopic (exact) mass is 315 g/mol. The zero-order chi connectivity index (χ0) is 16.8. The van der Waals surface area contributed by atoms with Crippen LogP contribution in [0.3, 0.4) is 0 Å². The normalized spacial score (nSPS) is 10.0. The molecule has 0 radical (unpaired) electrons. The summed E-state index contributed by atoms with van der Waals surface area (Å²) in [5, 5.41) is 7.73. The smallest absolute Gasteiger partial charge is 0.319 e. The fourth-order valence-corrected chi connectivity index (χ4v) is 1.95. The molecule has 5 nitrogen and oxygen atoms in total. The molecule has 3 N–H and O–H groups in total. The zero-order valence-corrected chi connectivity index (χ0v) is 12.9. The maximum Gasteiger partial charge on any atom is 0.319 e. The van der Waals surface area contributed by atoms with E-state index in [0.717, 1.165) is 11.1 Å². The Hall–Kier alpha value is -2.89. The molecule has 0 aromatic heterocycles. The standard InChI is InChI=1S/C17H18FN3O2/c1-11-4-3-5-15(12(11)2)21-17(23)19-10-16(22)20-14-8-6-13(18)7-9-14/h3-9H,10H2,1-2H3,(H,20,22)(H2,19,21,23). The summed E-state index contributed by atoms with van der Waals surface area (Å²) in [5.41, 5.74) is 3.20. The van der Waals surface area contributed by atoms with Crippen LogP contribution in [-0.2, 0) is 4.79 Å². The van der Waals surface area contributed by atoms with Gasteiger partial charge in [0.1, 0.15) is 5.82 Å². The van der Waals surface area contributed by atoms with Gasteiger partial charge in [-0.05, 0) is 55.3 Å². The highest BCUT2D eigenvalue weighted by Crippen LogP contribution is 2.17. The van der Waals surface area contributed by atoms with E-state index in [1.165, 1.54) is 24.3 Å². The fourth-order valence-electron chi connectivity index (χ4n) is 1.95. The number of carbonyl (C=O) groups is 2. The van der Waals surface area contributed by atoms with E-state index < -0.39 is 11.9 Å². The van der Waals surface area contributed by atoms with Gasteiger partial charge < -0.3 is 16.0 Å². The first-order valence-electron chi connectivity index (χ1n) is 7.12.